The second-order valence-corrected chi connectivity index (χ2v) is 11.3. The number of thiophene rings is 1. The molecule has 0 saturated carbocycles. The minimum atomic E-state index is -0.132. The average Bonchev–Trinajstić information content (AvgIpc) is 3.47. The van der Waals surface area contributed by atoms with E-state index in [1.54, 1.807) is 15.9 Å². The Morgan fingerprint density at radius 2 is 1.83 bits per heavy atom. The summed E-state index contributed by atoms with van der Waals surface area (Å²) in [4.78, 5) is 28.6. The molecular weight excluding hydrogens is 546 g/mol. The number of nitrogens with zero attached hydrogens (tertiary/aromatic N) is 4. The van der Waals surface area contributed by atoms with E-state index in [1.165, 1.54) is 16.6 Å². The van der Waals surface area contributed by atoms with Crippen LogP contribution >= 0.6 is 39.0 Å². The molecule has 0 atom stereocenters. The molecule has 35 heavy (non-hydrogen) atoms. The second-order valence-electron chi connectivity index (χ2n) is 8.33. The molecule has 1 N–H and O–H groups in total. The van der Waals surface area contributed by atoms with E-state index >= 15 is 0 Å². The molecule has 6 rings (SSSR count). The van der Waals surface area contributed by atoms with E-state index in [9.17, 15) is 9.59 Å². The van der Waals surface area contributed by atoms with E-state index in [0.29, 0.717) is 10.9 Å². The van der Waals surface area contributed by atoms with Crippen LogP contribution in [0.3, 0.4) is 0 Å². The third-order valence-electron chi connectivity index (χ3n) is 6.06. The first-order chi connectivity index (χ1) is 17.1. The van der Waals surface area contributed by atoms with Crippen LogP contribution in [0.25, 0.3) is 21.7 Å². The van der Waals surface area contributed by atoms with Crippen LogP contribution in [0, 0.1) is 0 Å². The summed E-state index contributed by atoms with van der Waals surface area (Å²) in [7, 11) is 0. The highest BCUT2D eigenvalue weighted by Gasteiger charge is 2.25. The number of aryl methyl sites for hydroxylation is 2. The molecule has 0 spiro atoms. The number of anilines is 1. The van der Waals surface area contributed by atoms with Gasteiger partial charge in [-0.2, -0.15) is 0 Å². The van der Waals surface area contributed by atoms with Gasteiger partial charge in [0, 0.05) is 15.0 Å². The van der Waals surface area contributed by atoms with Crippen molar-refractivity contribution < 1.29 is 4.79 Å². The van der Waals surface area contributed by atoms with E-state index in [1.807, 2.05) is 59.0 Å². The number of rotatable bonds is 5. The topological polar surface area (TPSA) is 81.3 Å². The van der Waals surface area contributed by atoms with Crippen molar-refractivity contribution in [3.8, 4) is 5.69 Å². The van der Waals surface area contributed by atoms with E-state index in [4.69, 9.17) is 0 Å². The minimum Gasteiger partial charge on any atom is -0.325 e. The lowest BCUT2D eigenvalue weighted by molar-refractivity contribution is -0.113. The average molecular weight is 567 g/mol. The largest absolute Gasteiger partial charge is 0.325 e. The van der Waals surface area contributed by atoms with E-state index in [2.05, 4.69) is 31.4 Å². The zero-order chi connectivity index (χ0) is 23.9. The van der Waals surface area contributed by atoms with Crippen molar-refractivity contribution in [1.29, 1.82) is 0 Å². The molecule has 0 aliphatic heterocycles. The van der Waals surface area contributed by atoms with E-state index < -0.39 is 0 Å². The Labute approximate surface area is 217 Å². The number of hydrogen-bond donors (Lipinski definition) is 1. The number of hydrogen-bond acceptors (Lipinski definition) is 6. The predicted octanol–water partition coefficient (Wildman–Crippen LogP) is 5.47. The fourth-order valence-corrected chi connectivity index (χ4v) is 6.91. The molecule has 5 aromatic rings. The van der Waals surface area contributed by atoms with Gasteiger partial charge in [0.1, 0.15) is 4.83 Å². The van der Waals surface area contributed by atoms with Crippen LogP contribution in [0.15, 0.2) is 69.0 Å². The fraction of sp³-hybridized carbons (Fsp3) is 0.200. The molecule has 1 aliphatic rings. The lowest BCUT2D eigenvalue weighted by Gasteiger charge is -2.12. The number of nitrogens with one attached hydrogen (secondary N) is 1. The first-order valence-electron chi connectivity index (χ1n) is 11.3. The molecule has 1 amide bonds. The van der Waals surface area contributed by atoms with Crippen LogP contribution in [0.1, 0.15) is 23.3 Å². The summed E-state index contributed by atoms with van der Waals surface area (Å²) in [5.41, 5.74) is 2.58. The van der Waals surface area contributed by atoms with Crippen LogP contribution < -0.4 is 10.9 Å². The smallest absolute Gasteiger partial charge is 0.268 e. The van der Waals surface area contributed by atoms with Gasteiger partial charge in [-0.15, -0.1) is 21.5 Å². The van der Waals surface area contributed by atoms with Crippen molar-refractivity contribution in [2.24, 2.45) is 0 Å². The van der Waals surface area contributed by atoms with Gasteiger partial charge in [0.25, 0.3) is 5.56 Å². The van der Waals surface area contributed by atoms with Crippen molar-refractivity contribution >= 4 is 66.6 Å². The zero-order valence-electron chi connectivity index (χ0n) is 18.5. The quantitative estimate of drug-likeness (QED) is 0.286. The lowest BCUT2D eigenvalue weighted by Crippen LogP contribution is -2.22. The van der Waals surface area contributed by atoms with Crippen LogP contribution in [0.5, 0.6) is 0 Å². The molecule has 10 heteroatoms. The number of amides is 1. The summed E-state index contributed by atoms with van der Waals surface area (Å²) >= 11 is 6.37. The number of carbonyl (C=O) groups excluding carboxylic acids is 1. The highest BCUT2D eigenvalue weighted by atomic mass is 79.9. The highest BCUT2D eigenvalue weighted by molar-refractivity contribution is 9.10. The van der Waals surface area contributed by atoms with Crippen molar-refractivity contribution in [2.45, 2.75) is 30.8 Å². The van der Waals surface area contributed by atoms with Gasteiger partial charge in [0.2, 0.25) is 11.7 Å². The minimum absolute atomic E-state index is 0.0602. The third kappa shape index (κ3) is 4.09. The maximum atomic E-state index is 13.8. The Morgan fingerprint density at radius 3 is 2.63 bits per heavy atom. The predicted molar refractivity (Wildman–Crippen MR) is 144 cm³/mol. The Kier molecular flexibility index (Phi) is 5.95. The Balaban J connectivity index is 1.44. The number of aromatic nitrogens is 4. The number of halogens is 1. The molecule has 176 valence electrons. The molecule has 0 radical (unpaired) electrons. The summed E-state index contributed by atoms with van der Waals surface area (Å²) in [5, 5.41) is 13.1. The fourth-order valence-electron chi connectivity index (χ4n) is 4.48. The summed E-state index contributed by atoms with van der Waals surface area (Å²) in [6, 6.07) is 17.0. The molecule has 0 unspecified atom stereocenters. The summed E-state index contributed by atoms with van der Waals surface area (Å²) < 4.78 is 4.54. The van der Waals surface area contributed by atoms with Gasteiger partial charge in [-0.05, 0) is 67.6 Å². The van der Waals surface area contributed by atoms with Crippen molar-refractivity contribution in [3.05, 3.63) is 79.9 Å². The van der Waals surface area contributed by atoms with Gasteiger partial charge < -0.3 is 5.32 Å². The molecule has 1 aliphatic carbocycles. The van der Waals surface area contributed by atoms with Crippen molar-refractivity contribution in [1.82, 2.24) is 19.2 Å². The van der Waals surface area contributed by atoms with Crippen LogP contribution in [0.4, 0.5) is 5.69 Å². The van der Waals surface area contributed by atoms with Crippen LogP contribution in [0.2, 0.25) is 0 Å². The lowest BCUT2D eigenvalue weighted by atomic mass is 9.97. The maximum Gasteiger partial charge on any atom is 0.268 e. The molecule has 3 heterocycles. The number of carbonyl (C=O) groups is 1. The summed E-state index contributed by atoms with van der Waals surface area (Å²) in [5.74, 6) is 0.503. The Hall–Kier alpha value is -2.95. The number of para-hydroxylation sites is 1. The summed E-state index contributed by atoms with van der Waals surface area (Å²) in [6.45, 7) is 0. The highest BCUT2D eigenvalue weighted by Crippen LogP contribution is 2.36. The van der Waals surface area contributed by atoms with E-state index in [0.717, 1.165) is 57.3 Å². The molecule has 0 saturated heterocycles. The standard InChI is InChI=1S/C25H20BrN5O2S2/c26-15-10-12-16(13-11-15)27-20(32)14-34-25-29-28-24-30(17-6-2-1-3-7-17)22(33)21-18-8-4-5-9-19(18)35-23(21)31(24)25/h1-3,6-7,10-13H,4-5,8-9,14H2,(H,27,32). The zero-order valence-corrected chi connectivity index (χ0v) is 21.8. The first kappa shape index (κ1) is 22.5. The molecule has 3 aromatic heterocycles. The van der Waals surface area contributed by atoms with Gasteiger partial charge in [-0.1, -0.05) is 45.9 Å². The van der Waals surface area contributed by atoms with E-state index in [-0.39, 0.29) is 17.2 Å². The molecule has 0 fully saturated rings. The second kappa shape index (κ2) is 9.25. The van der Waals surface area contributed by atoms with Crippen LogP contribution in [-0.4, -0.2) is 30.8 Å². The molecule has 2 aromatic carbocycles. The van der Waals surface area contributed by atoms with Gasteiger partial charge in [-0.3, -0.25) is 9.59 Å². The normalized spacial score (nSPS) is 13.3. The van der Waals surface area contributed by atoms with Gasteiger partial charge in [0.15, 0.2) is 5.16 Å². The van der Waals surface area contributed by atoms with Crippen molar-refractivity contribution in [2.75, 3.05) is 11.1 Å². The van der Waals surface area contributed by atoms with Gasteiger partial charge in [0.05, 0.1) is 16.8 Å². The molecular formula is C25H20BrN5O2S2. The van der Waals surface area contributed by atoms with Gasteiger partial charge >= 0.3 is 0 Å². The number of thioether (sulfide) groups is 1. The SMILES string of the molecule is O=C(CSc1nnc2n(-c3ccccc3)c(=O)c3c4c(sc3n12)CCCC4)Nc1ccc(Br)cc1. The molecule has 7 nitrogen and oxygen atoms in total. The monoisotopic (exact) mass is 565 g/mol. The third-order valence-corrected chi connectivity index (χ3v) is 8.80. The Bertz CT molecular complexity index is 1620. The maximum absolute atomic E-state index is 13.8. The number of benzene rings is 2. The number of fused-ring (bicyclic) bond motifs is 5. The summed E-state index contributed by atoms with van der Waals surface area (Å²) in [6.07, 6.45) is 4.11. The Morgan fingerprint density at radius 1 is 1.06 bits per heavy atom. The molecule has 0 bridgehead atoms. The first-order valence-corrected chi connectivity index (χ1v) is 13.9. The van der Waals surface area contributed by atoms with Crippen molar-refractivity contribution in [3.63, 3.8) is 0 Å². The van der Waals surface area contributed by atoms with Crippen LogP contribution in [-0.2, 0) is 17.6 Å². The van der Waals surface area contributed by atoms with Gasteiger partial charge in [-0.25, -0.2) is 8.97 Å².